The Labute approximate surface area is 62.8 Å². The average Bonchev–Trinajstić information content (AvgIpc) is 1.62. The van der Waals surface area contributed by atoms with Crippen LogP contribution in [0, 0.1) is 0 Å². The van der Waals surface area contributed by atoms with Crippen molar-refractivity contribution >= 4 is 19.9 Å². The molecule has 0 aliphatic carbocycles. The molecule has 0 N–H and O–H groups in total. The highest BCUT2D eigenvalue weighted by atomic mass is 35.5. The molecule has 0 spiro atoms. The van der Waals surface area contributed by atoms with Gasteiger partial charge in [0.2, 0.25) is 8.32 Å². The van der Waals surface area contributed by atoms with Crippen molar-refractivity contribution in [2.24, 2.45) is 0 Å². The van der Waals surface area contributed by atoms with Gasteiger partial charge in [-0.1, -0.05) is 11.6 Å². The number of hydrogen-bond acceptors (Lipinski definition) is 1. The SMILES string of the molecule is CC(=CCl)O[Si](C)(C)C. The summed E-state index contributed by atoms with van der Waals surface area (Å²) in [5, 5.41) is 0. The first-order valence-electron chi connectivity index (χ1n) is 2.92. The van der Waals surface area contributed by atoms with Crippen LogP contribution >= 0.6 is 11.6 Å². The van der Waals surface area contributed by atoms with E-state index in [0.29, 0.717) is 0 Å². The van der Waals surface area contributed by atoms with Gasteiger partial charge in [0, 0.05) is 5.54 Å². The number of rotatable bonds is 2. The zero-order valence-electron chi connectivity index (χ0n) is 6.36. The van der Waals surface area contributed by atoms with E-state index >= 15 is 0 Å². The van der Waals surface area contributed by atoms with Crippen LogP contribution in [-0.4, -0.2) is 8.32 Å². The molecule has 54 valence electrons. The minimum atomic E-state index is -1.39. The maximum atomic E-state index is 5.45. The molecule has 0 heterocycles. The lowest BCUT2D eigenvalue weighted by Gasteiger charge is -2.18. The third-order valence-electron chi connectivity index (χ3n) is 0.621. The summed E-state index contributed by atoms with van der Waals surface area (Å²) in [6, 6.07) is 0. The smallest absolute Gasteiger partial charge is 0.241 e. The second-order valence-corrected chi connectivity index (χ2v) is 7.58. The van der Waals surface area contributed by atoms with Gasteiger partial charge in [-0.2, -0.15) is 0 Å². The lowest BCUT2D eigenvalue weighted by molar-refractivity contribution is 0.426. The fourth-order valence-electron chi connectivity index (χ4n) is 0.505. The highest BCUT2D eigenvalue weighted by Gasteiger charge is 2.15. The molecule has 0 aromatic rings. The van der Waals surface area contributed by atoms with Crippen LogP contribution in [0.25, 0.3) is 0 Å². The van der Waals surface area contributed by atoms with Gasteiger partial charge in [-0.25, -0.2) is 0 Å². The summed E-state index contributed by atoms with van der Waals surface area (Å²) >= 11 is 5.39. The van der Waals surface area contributed by atoms with Crippen molar-refractivity contribution in [2.45, 2.75) is 26.6 Å². The summed E-state index contributed by atoms with van der Waals surface area (Å²) in [7, 11) is -1.39. The van der Waals surface area contributed by atoms with Crippen LogP contribution in [0.5, 0.6) is 0 Å². The summed E-state index contributed by atoms with van der Waals surface area (Å²) in [5.41, 5.74) is 1.47. The highest BCUT2D eigenvalue weighted by molar-refractivity contribution is 6.70. The molecular formula is C6H13ClOSi. The zero-order chi connectivity index (χ0) is 7.49. The van der Waals surface area contributed by atoms with E-state index in [0.717, 1.165) is 5.76 Å². The van der Waals surface area contributed by atoms with Gasteiger partial charge in [-0.3, -0.25) is 0 Å². The summed E-state index contributed by atoms with van der Waals surface area (Å²) in [5.74, 6) is 0.816. The molecular weight excluding hydrogens is 152 g/mol. The topological polar surface area (TPSA) is 9.23 Å². The van der Waals surface area contributed by atoms with Crippen LogP contribution in [0.2, 0.25) is 19.6 Å². The molecule has 0 atom stereocenters. The first-order chi connectivity index (χ1) is 3.95. The third kappa shape index (κ3) is 5.93. The molecule has 0 aromatic heterocycles. The Kier molecular flexibility index (Phi) is 3.29. The van der Waals surface area contributed by atoms with E-state index in [1.54, 1.807) is 0 Å². The Balaban J connectivity index is 3.75. The van der Waals surface area contributed by atoms with Crippen molar-refractivity contribution in [1.29, 1.82) is 0 Å². The molecule has 0 aromatic carbocycles. The number of halogens is 1. The Hall–Kier alpha value is 0.0469. The van der Waals surface area contributed by atoms with E-state index in [-0.39, 0.29) is 0 Å². The molecule has 0 saturated heterocycles. The minimum absolute atomic E-state index is 0.816. The highest BCUT2D eigenvalue weighted by Crippen LogP contribution is 2.09. The van der Waals surface area contributed by atoms with E-state index in [4.69, 9.17) is 16.0 Å². The normalized spacial score (nSPS) is 13.7. The fraction of sp³-hybridized carbons (Fsp3) is 0.667. The standard InChI is InChI=1S/C6H13ClOSi/c1-6(5-7)8-9(2,3)4/h5H,1-4H3. The summed E-state index contributed by atoms with van der Waals surface area (Å²) < 4.78 is 5.45. The van der Waals surface area contributed by atoms with Gasteiger partial charge >= 0.3 is 0 Å². The first-order valence-corrected chi connectivity index (χ1v) is 6.76. The molecule has 0 bridgehead atoms. The third-order valence-corrected chi connectivity index (χ3v) is 1.86. The quantitative estimate of drug-likeness (QED) is 0.451. The molecule has 1 nitrogen and oxygen atoms in total. The van der Waals surface area contributed by atoms with E-state index in [2.05, 4.69) is 19.6 Å². The van der Waals surface area contributed by atoms with Gasteiger partial charge in [-0.05, 0) is 26.6 Å². The second kappa shape index (κ2) is 3.27. The maximum Gasteiger partial charge on any atom is 0.241 e. The monoisotopic (exact) mass is 164 g/mol. The molecule has 0 unspecified atom stereocenters. The summed E-state index contributed by atoms with van der Waals surface area (Å²) in [4.78, 5) is 0. The molecule has 0 amide bonds. The van der Waals surface area contributed by atoms with Crippen LogP contribution in [0.3, 0.4) is 0 Å². The van der Waals surface area contributed by atoms with Crippen molar-refractivity contribution in [1.82, 2.24) is 0 Å². The molecule has 0 aliphatic heterocycles. The number of hydrogen-bond donors (Lipinski definition) is 0. The van der Waals surface area contributed by atoms with Crippen molar-refractivity contribution in [3.05, 3.63) is 11.3 Å². The summed E-state index contributed by atoms with van der Waals surface area (Å²) in [6.45, 7) is 8.23. The molecule has 9 heavy (non-hydrogen) atoms. The van der Waals surface area contributed by atoms with Crippen LogP contribution in [-0.2, 0) is 4.43 Å². The van der Waals surface area contributed by atoms with Gasteiger partial charge < -0.3 is 4.43 Å². The predicted molar refractivity (Wildman–Crippen MR) is 44.0 cm³/mol. The fourth-order valence-corrected chi connectivity index (χ4v) is 1.65. The van der Waals surface area contributed by atoms with Crippen LogP contribution in [0.15, 0.2) is 11.3 Å². The molecule has 3 heteroatoms. The Morgan fingerprint density at radius 2 is 1.89 bits per heavy atom. The van der Waals surface area contributed by atoms with Crippen molar-refractivity contribution in [3.8, 4) is 0 Å². The molecule has 0 saturated carbocycles. The van der Waals surface area contributed by atoms with Crippen molar-refractivity contribution < 1.29 is 4.43 Å². The first kappa shape index (κ1) is 9.05. The van der Waals surface area contributed by atoms with E-state index in [1.165, 1.54) is 5.54 Å². The van der Waals surface area contributed by atoms with Crippen molar-refractivity contribution in [2.75, 3.05) is 0 Å². The molecule has 0 radical (unpaired) electrons. The van der Waals surface area contributed by atoms with Crippen LogP contribution in [0.1, 0.15) is 6.92 Å². The molecule has 0 fully saturated rings. The lowest BCUT2D eigenvalue weighted by Crippen LogP contribution is -2.23. The van der Waals surface area contributed by atoms with Gasteiger partial charge in [0.05, 0.1) is 5.76 Å². The minimum Gasteiger partial charge on any atom is -0.547 e. The Bertz CT molecular complexity index is 115. The van der Waals surface area contributed by atoms with Crippen LogP contribution in [0.4, 0.5) is 0 Å². The van der Waals surface area contributed by atoms with Gasteiger partial charge in [0.15, 0.2) is 0 Å². The second-order valence-electron chi connectivity index (χ2n) is 2.93. The average molecular weight is 165 g/mol. The van der Waals surface area contributed by atoms with E-state index < -0.39 is 8.32 Å². The summed E-state index contributed by atoms with van der Waals surface area (Å²) in [6.07, 6.45) is 0. The Morgan fingerprint density at radius 1 is 1.44 bits per heavy atom. The predicted octanol–water partition coefficient (Wildman–Crippen LogP) is 2.94. The van der Waals surface area contributed by atoms with E-state index in [1.807, 2.05) is 6.92 Å². The molecule has 0 aliphatic rings. The Morgan fingerprint density at radius 3 is 2.00 bits per heavy atom. The number of allylic oxidation sites excluding steroid dienone is 1. The van der Waals surface area contributed by atoms with Crippen LogP contribution < -0.4 is 0 Å². The van der Waals surface area contributed by atoms with Gasteiger partial charge in [0.1, 0.15) is 0 Å². The van der Waals surface area contributed by atoms with Crippen molar-refractivity contribution in [3.63, 3.8) is 0 Å². The largest absolute Gasteiger partial charge is 0.547 e. The lowest BCUT2D eigenvalue weighted by atomic mass is 10.7. The zero-order valence-corrected chi connectivity index (χ0v) is 8.12. The van der Waals surface area contributed by atoms with Gasteiger partial charge in [0.25, 0.3) is 0 Å². The van der Waals surface area contributed by atoms with Gasteiger partial charge in [-0.15, -0.1) is 0 Å². The maximum absolute atomic E-state index is 5.45. The molecule has 0 rings (SSSR count). The van der Waals surface area contributed by atoms with E-state index in [9.17, 15) is 0 Å².